The van der Waals surface area contributed by atoms with E-state index in [0.717, 1.165) is 31.8 Å². The third-order valence-electron chi connectivity index (χ3n) is 3.49. The maximum Gasteiger partial charge on any atom is 0.337 e. The van der Waals surface area contributed by atoms with E-state index in [1.54, 1.807) is 0 Å². The first-order valence-electron chi connectivity index (χ1n) is 5.90. The summed E-state index contributed by atoms with van der Waals surface area (Å²) < 4.78 is 4.53. The summed E-state index contributed by atoms with van der Waals surface area (Å²) in [5, 5.41) is 0. The number of hydrogen-bond donors (Lipinski definition) is 0. The fourth-order valence-corrected chi connectivity index (χ4v) is 1.85. The molecule has 0 saturated heterocycles. The van der Waals surface area contributed by atoms with Gasteiger partial charge in [0.1, 0.15) is 0 Å². The van der Waals surface area contributed by atoms with E-state index in [-0.39, 0.29) is 5.41 Å². The van der Waals surface area contributed by atoms with Crippen molar-refractivity contribution in [1.29, 1.82) is 0 Å². The van der Waals surface area contributed by atoms with E-state index in [1.165, 1.54) is 0 Å². The molecular weight excluding hydrogens is 204 g/mol. The Balaban J connectivity index is 4.16. The van der Waals surface area contributed by atoms with Crippen molar-refractivity contribution in [1.82, 2.24) is 0 Å². The van der Waals surface area contributed by atoms with Gasteiger partial charge in [0.25, 0.3) is 0 Å². The summed E-state index contributed by atoms with van der Waals surface area (Å²) in [6.07, 6.45) is 5.22. The predicted molar refractivity (Wildman–Crippen MR) is 63.8 cm³/mol. The van der Waals surface area contributed by atoms with Crippen molar-refractivity contribution in [3.05, 3.63) is 12.7 Å². The highest BCUT2D eigenvalue weighted by atomic mass is 16.6. The van der Waals surface area contributed by atoms with Crippen molar-refractivity contribution in [2.75, 3.05) is 0 Å². The van der Waals surface area contributed by atoms with Crippen molar-refractivity contribution in [3.63, 3.8) is 0 Å². The van der Waals surface area contributed by atoms with Crippen molar-refractivity contribution < 1.29 is 14.3 Å². The Morgan fingerprint density at radius 2 is 1.69 bits per heavy atom. The van der Waals surface area contributed by atoms with Crippen LogP contribution in [0.5, 0.6) is 0 Å². The van der Waals surface area contributed by atoms with E-state index < -0.39 is 11.9 Å². The molecule has 0 saturated carbocycles. The van der Waals surface area contributed by atoms with E-state index in [2.05, 4.69) is 32.1 Å². The monoisotopic (exact) mass is 226 g/mol. The van der Waals surface area contributed by atoms with Crippen LogP contribution in [0.25, 0.3) is 0 Å². The Bertz CT molecular complexity index is 244. The fourth-order valence-electron chi connectivity index (χ4n) is 1.85. The van der Waals surface area contributed by atoms with E-state index in [9.17, 15) is 9.59 Å². The molecule has 0 aromatic heterocycles. The van der Waals surface area contributed by atoms with Gasteiger partial charge in [-0.1, -0.05) is 46.6 Å². The molecule has 0 aliphatic carbocycles. The zero-order valence-electron chi connectivity index (χ0n) is 10.5. The molecule has 0 amide bonds. The van der Waals surface area contributed by atoms with Crippen LogP contribution in [-0.2, 0) is 14.3 Å². The largest absolute Gasteiger partial charge is 0.390 e. The molecule has 3 nitrogen and oxygen atoms in total. The molecule has 3 heteroatoms. The number of ether oxygens (including phenoxy) is 1. The van der Waals surface area contributed by atoms with E-state index in [4.69, 9.17) is 0 Å². The second-order valence-electron chi connectivity index (χ2n) is 4.06. The number of esters is 2. The highest BCUT2D eigenvalue weighted by Crippen LogP contribution is 2.35. The van der Waals surface area contributed by atoms with Crippen molar-refractivity contribution >= 4 is 11.9 Å². The molecule has 0 heterocycles. The standard InChI is InChI=1S/C13H22O3/c1-5-11(14)16-12(15)9-10-13(6-2,7-3)8-4/h5H,1,6-10H2,2-4H3. The summed E-state index contributed by atoms with van der Waals surface area (Å²) in [4.78, 5) is 22.1. The molecule has 0 radical (unpaired) electrons. The Morgan fingerprint density at radius 1 is 1.19 bits per heavy atom. The third-order valence-corrected chi connectivity index (χ3v) is 3.49. The van der Waals surface area contributed by atoms with Gasteiger partial charge in [0.15, 0.2) is 0 Å². The van der Waals surface area contributed by atoms with Crippen LogP contribution in [-0.4, -0.2) is 11.9 Å². The molecule has 0 spiro atoms. The Hall–Kier alpha value is -1.12. The normalized spacial score (nSPS) is 10.9. The van der Waals surface area contributed by atoms with E-state index in [1.807, 2.05) is 0 Å². The van der Waals surface area contributed by atoms with Gasteiger partial charge in [0.2, 0.25) is 0 Å². The summed E-state index contributed by atoms with van der Waals surface area (Å²) in [6.45, 7) is 9.64. The summed E-state index contributed by atoms with van der Waals surface area (Å²) >= 11 is 0. The summed E-state index contributed by atoms with van der Waals surface area (Å²) in [6, 6.07) is 0. The number of rotatable bonds is 7. The molecule has 0 fully saturated rings. The second-order valence-corrected chi connectivity index (χ2v) is 4.06. The first kappa shape index (κ1) is 14.9. The number of hydrogen-bond acceptors (Lipinski definition) is 3. The third kappa shape index (κ3) is 4.60. The SMILES string of the molecule is C=CC(=O)OC(=O)CCC(CC)(CC)CC. The molecule has 0 atom stereocenters. The van der Waals surface area contributed by atoms with Gasteiger partial charge in [-0.05, 0) is 11.8 Å². The second kappa shape index (κ2) is 7.20. The maximum atomic E-state index is 11.3. The summed E-state index contributed by atoms with van der Waals surface area (Å²) in [5.74, 6) is -1.12. The van der Waals surface area contributed by atoms with Crippen LogP contribution in [0.15, 0.2) is 12.7 Å². The molecule has 0 N–H and O–H groups in total. The lowest BCUT2D eigenvalue weighted by molar-refractivity contribution is -0.156. The van der Waals surface area contributed by atoms with Gasteiger partial charge in [0, 0.05) is 12.5 Å². The molecule has 0 unspecified atom stereocenters. The first-order chi connectivity index (χ1) is 7.53. The van der Waals surface area contributed by atoms with Crippen molar-refractivity contribution in [2.45, 2.75) is 52.9 Å². The molecule has 0 aliphatic heterocycles. The molecule has 0 aromatic rings. The van der Waals surface area contributed by atoms with Crippen LogP contribution in [0.1, 0.15) is 52.9 Å². The zero-order chi connectivity index (χ0) is 12.6. The number of carbonyl (C=O) groups excluding carboxylic acids is 2. The quantitative estimate of drug-likeness (QED) is 0.380. The Labute approximate surface area is 97.9 Å². The summed E-state index contributed by atoms with van der Waals surface area (Å²) in [5.41, 5.74) is 0.205. The Morgan fingerprint density at radius 3 is 2.06 bits per heavy atom. The van der Waals surface area contributed by atoms with Crippen LogP contribution >= 0.6 is 0 Å². The smallest absolute Gasteiger partial charge is 0.337 e. The van der Waals surface area contributed by atoms with Gasteiger partial charge in [-0.2, -0.15) is 0 Å². The van der Waals surface area contributed by atoms with E-state index >= 15 is 0 Å². The molecule has 0 bridgehead atoms. The molecule has 16 heavy (non-hydrogen) atoms. The average molecular weight is 226 g/mol. The lowest BCUT2D eigenvalue weighted by Gasteiger charge is -2.29. The first-order valence-corrected chi connectivity index (χ1v) is 5.90. The fraction of sp³-hybridized carbons (Fsp3) is 0.692. The highest BCUT2D eigenvalue weighted by Gasteiger charge is 2.25. The minimum atomic E-state index is -0.667. The molecule has 0 rings (SSSR count). The van der Waals surface area contributed by atoms with Gasteiger partial charge >= 0.3 is 11.9 Å². The van der Waals surface area contributed by atoms with Crippen LogP contribution in [0.2, 0.25) is 0 Å². The lowest BCUT2D eigenvalue weighted by Crippen LogP contribution is -2.20. The highest BCUT2D eigenvalue weighted by molar-refractivity contribution is 5.91. The van der Waals surface area contributed by atoms with Crippen LogP contribution in [0, 0.1) is 5.41 Å². The van der Waals surface area contributed by atoms with Gasteiger partial charge in [0.05, 0.1) is 0 Å². The van der Waals surface area contributed by atoms with Crippen molar-refractivity contribution in [3.8, 4) is 0 Å². The lowest BCUT2D eigenvalue weighted by atomic mass is 9.76. The maximum absolute atomic E-state index is 11.3. The van der Waals surface area contributed by atoms with Crippen LogP contribution in [0.4, 0.5) is 0 Å². The average Bonchev–Trinajstić information content (AvgIpc) is 2.31. The summed E-state index contributed by atoms with van der Waals surface area (Å²) in [7, 11) is 0. The van der Waals surface area contributed by atoms with Gasteiger partial charge in [-0.25, -0.2) is 4.79 Å². The number of carbonyl (C=O) groups is 2. The molecule has 92 valence electrons. The molecular formula is C13H22O3. The Kier molecular flexibility index (Phi) is 6.70. The van der Waals surface area contributed by atoms with Crippen LogP contribution < -0.4 is 0 Å². The van der Waals surface area contributed by atoms with E-state index in [0.29, 0.717) is 6.42 Å². The minimum absolute atomic E-state index is 0.205. The minimum Gasteiger partial charge on any atom is -0.390 e. The van der Waals surface area contributed by atoms with Crippen LogP contribution in [0.3, 0.4) is 0 Å². The zero-order valence-corrected chi connectivity index (χ0v) is 10.5. The topological polar surface area (TPSA) is 43.4 Å². The van der Waals surface area contributed by atoms with Gasteiger partial charge < -0.3 is 4.74 Å². The van der Waals surface area contributed by atoms with Gasteiger partial charge in [-0.3, -0.25) is 4.79 Å². The predicted octanol–water partition coefficient (Wildman–Crippen LogP) is 3.24. The van der Waals surface area contributed by atoms with Gasteiger partial charge in [-0.15, -0.1) is 0 Å². The molecule has 0 aliphatic rings. The molecule has 0 aromatic carbocycles. The van der Waals surface area contributed by atoms with Crippen molar-refractivity contribution in [2.24, 2.45) is 5.41 Å².